The van der Waals surface area contributed by atoms with E-state index in [9.17, 15) is 26.4 Å². The smallest absolute Gasteiger partial charge is 0.324 e. The maximum Gasteiger partial charge on any atom is 0.416 e. The molecule has 1 aliphatic carbocycles. The standard InChI is InChI=1S/C30H25F3N2O3S/c1-20(10-11-21-12-15-24(16-13-21)30(31,32)33)23-14-17-28-26(18-23)27(34-29(36)22-6-5-7-22)19-35(28)39(37,38)25-8-3-2-4-9-25/h2-4,8-19,22H,1,5-7H2,(H,34,36). The number of fused-ring (bicyclic) bond motifs is 1. The summed E-state index contributed by atoms with van der Waals surface area (Å²) in [6, 6.07) is 17.9. The largest absolute Gasteiger partial charge is 0.416 e. The molecule has 5 nitrogen and oxygen atoms in total. The number of hydrogen-bond acceptors (Lipinski definition) is 3. The lowest BCUT2D eigenvalue weighted by Gasteiger charge is -2.23. The van der Waals surface area contributed by atoms with Crippen LogP contribution in [-0.4, -0.2) is 18.3 Å². The zero-order chi connectivity index (χ0) is 27.8. The Morgan fingerprint density at radius 3 is 2.31 bits per heavy atom. The monoisotopic (exact) mass is 550 g/mol. The number of nitrogens with one attached hydrogen (secondary N) is 1. The molecule has 1 amide bonds. The molecule has 0 aliphatic heterocycles. The van der Waals surface area contributed by atoms with Gasteiger partial charge in [0, 0.05) is 17.5 Å². The molecule has 1 saturated carbocycles. The van der Waals surface area contributed by atoms with Gasteiger partial charge in [-0.1, -0.05) is 61.5 Å². The third kappa shape index (κ3) is 5.40. The molecule has 0 saturated heterocycles. The topological polar surface area (TPSA) is 68.2 Å². The summed E-state index contributed by atoms with van der Waals surface area (Å²) in [4.78, 5) is 12.9. The van der Waals surface area contributed by atoms with Crippen LogP contribution in [0.5, 0.6) is 0 Å². The summed E-state index contributed by atoms with van der Waals surface area (Å²) < 4.78 is 66.6. The van der Waals surface area contributed by atoms with Crippen molar-refractivity contribution in [3.8, 4) is 0 Å². The molecule has 1 N–H and O–H groups in total. The van der Waals surface area contributed by atoms with Crippen molar-refractivity contribution >= 4 is 44.2 Å². The van der Waals surface area contributed by atoms with E-state index in [1.165, 1.54) is 34.4 Å². The van der Waals surface area contributed by atoms with Gasteiger partial charge in [0.1, 0.15) is 0 Å². The predicted molar refractivity (Wildman–Crippen MR) is 146 cm³/mol. The van der Waals surface area contributed by atoms with Gasteiger partial charge in [-0.3, -0.25) is 4.79 Å². The molecule has 1 aromatic heterocycles. The van der Waals surface area contributed by atoms with Gasteiger partial charge in [-0.05, 0) is 65.9 Å². The number of benzene rings is 3. The minimum Gasteiger partial charge on any atom is -0.324 e. The average Bonchev–Trinajstić information content (AvgIpc) is 3.24. The second kappa shape index (κ2) is 10.2. The summed E-state index contributed by atoms with van der Waals surface area (Å²) in [5, 5.41) is 3.44. The number of alkyl halides is 3. The van der Waals surface area contributed by atoms with Crippen LogP contribution in [-0.2, 0) is 21.0 Å². The van der Waals surface area contributed by atoms with Crippen LogP contribution in [0, 0.1) is 5.92 Å². The number of carbonyl (C=O) groups is 1. The molecule has 9 heteroatoms. The summed E-state index contributed by atoms with van der Waals surface area (Å²) in [6.45, 7) is 4.07. The molecule has 1 heterocycles. The molecule has 39 heavy (non-hydrogen) atoms. The lowest BCUT2D eigenvalue weighted by Crippen LogP contribution is -2.28. The fourth-order valence-electron chi connectivity index (χ4n) is 4.39. The Hall–Kier alpha value is -4.11. The van der Waals surface area contributed by atoms with Crippen LogP contribution in [0.2, 0.25) is 0 Å². The van der Waals surface area contributed by atoms with Gasteiger partial charge in [0.25, 0.3) is 10.0 Å². The van der Waals surface area contributed by atoms with E-state index in [-0.39, 0.29) is 16.7 Å². The highest BCUT2D eigenvalue weighted by Crippen LogP contribution is 2.34. The molecule has 1 fully saturated rings. The number of nitrogens with zero attached hydrogens (tertiary/aromatic N) is 1. The molecule has 0 unspecified atom stereocenters. The number of aromatic nitrogens is 1. The van der Waals surface area contributed by atoms with E-state index >= 15 is 0 Å². The zero-order valence-electron chi connectivity index (χ0n) is 20.8. The second-order valence-electron chi connectivity index (χ2n) is 9.48. The van der Waals surface area contributed by atoms with Gasteiger partial charge < -0.3 is 5.32 Å². The molecule has 0 radical (unpaired) electrons. The first-order chi connectivity index (χ1) is 18.5. The summed E-state index contributed by atoms with van der Waals surface area (Å²) in [7, 11) is -3.94. The highest BCUT2D eigenvalue weighted by molar-refractivity contribution is 7.90. The Morgan fingerprint density at radius 2 is 1.69 bits per heavy atom. The van der Waals surface area contributed by atoms with Crippen LogP contribution in [0.4, 0.5) is 18.9 Å². The van der Waals surface area contributed by atoms with E-state index in [2.05, 4.69) is 11.9 Å². The van der Waals surface area contributed by atoms with Crippen LogP contribution in [0.15, 0.2) is 96.5 Å². The van der Waals surface area contributed by atoms with Gasteiger partial charge in [-0.15, -0.1) is 0 Å². The minimum absolute atomic E-state index is 0.0982. The third-order valence-electron chi connectivity index (χ3n) is 6.89. The van der Waals surface area contributed by atoms with Crippen LogP contribution >= 0.6 is 0 Å². The first-order valence-electron chi connectivity index (χ1n) is 12.4. The van der Waals surface area contributed by atoms with E-state index in [4.69, 9.17) is 0 Å². The summed E-state index contributed by atoms with van der Waals surface area (Å²) >= 11 is 0. The lowest BCUT2D eigenvalue weighted by molar-refractivity contribution is -0.137. The van der Waals surface area contributed by atoms with Crippen LogP contribution in [0.25, 0.3) is 22.6 Å². The first-order valence-corrected chi connectivity index (χ1v) is 13.8. The molecular weight excluding hydrogens is 525 g/mol. The van der Waals surface area contributed by atoms with Crippen LogP contribution in [0.1, 0.15) is 36.0 Å². The lowest BCUT2D eigenvalue weighted by atomic mass is 9.85. The van der Waals surface area contributed by atoms with Crippen molar-refractivity contribution in [1.29, 1.82) is 0 Å². The van der Waals surface area contributed by atoms with Gasteiger partial charge in [0.2, 0.25) is 5.91 Å². The third-order valence-corrected chi connectivity index (χ3v) is 8.58. The summed E-state index contributed by atoms with van der Waals surface area (Å²) in [5.41, 5.74) is 1.84. The Morgan fingerprint density at radius 1 is 1.00 bits per heavy atom. The number of hydrogen-bond donors (Lipinski definition) is 1. The fourth-order valence-corrected chi connectivity index (χ4v) is 5.78. The Balaban J connectivity index is 1.50. The highest BCUT2D eigenvalue weighted by atomic mass is 32.2. The van der Waals surface area contributed by atoms with Crippen molar-refractivity contribution in [2.75, 3.05) is 5.32 Å². The van der Waals surface area contributed by atoms with Crippen molar-refractivity contribution < 1.29 is 26.4 Å². The Bertz CT molecular complexity index is 1680. The quantitative estimate of drug-likeness (QED) is 0.245. The Kier molecular flexibility index (Phi) is 6.94. The zero-order valence-corrected chi connectivity index (χ0v) is 21.6. The molecule has 5 rings (SSSR count). The Labute approximate surface area is 224 Å². The molecule has 0 spiro atoms. The predicted octanol–water partition coefficient (Wildman–Crippen LogP) is 7.36. The number of amides is 1. The maximum absolute atomic E-state index is 13.5. The van der Waals surface area contributed by atoms with Gasteiger partial charge >= 0.3 is 6.18 Å². The normalized spacial score (nSPS) is 14.4. The minimum atomic E-state index is -4.41. The first kappa shape index (κ1) is 26.5. The van der Waals surface area contributed by atoms with Crippen molar-refractivity contribution in [3.63, 3.8) is 0 Å². The maximum atomic E-state index is 13.5. The summed E-state index contributed by atoms with van der Waals surface area (Å²) in [5.74, 6) is -0.247. The van der Waals surface area contributed by atoms with E-state index in [1.807, 2.05) is 0 Å². The molecule has 4 aromatic rings. The number of halogens is 3. The second-order valence-corrected chi connectivity index (χ2v) is 11.3. The van der Waals surface area contributed by atoms with Crippen molar-refractivity contribution in [2.24, 2.45) is 5.92 Å². The molecule has 3 aromatic carbocycles. The molecule has 0 bridgehead atoms. The van der Waals surface area contributed by atoms with E-state index in [0.717, 1.165) is 31.4 Å². The average molecular weight is 551 g/mol. The fraction of sp³-hybridized carbons (Fsp3) is 0.167. The van der Waals surface area contributed by atoms with E-state index in [0.29, 0.717) is 33.3 Å². The highest BCUT2D eigenvalue weighted by Gasteiger charge is 2.30. The van der Waals surface area contributed by atoms with Crippen molar-refractivity contribution in [3.05, 3.63) is 108 Å². The van der Waals surface area contributed by atoms with Gasteiger partial charge in [-0.25, -0.2) is 12.4 Å². The summed E-state index contributed by atoms with van der Waals surface area (Å²) in [6.07, 6.45) is 2.92. The number of carbonyl (C=O) groups excluding carboxylic acids is 1. The van der Waals surface area contributed by atoms with Crippen molar-refractivity contribution in [1.82, 2.24) is 3.97 Å². The molecule has 0 atom stereocenters. The molecular formula is C30H25F3N2O3S. The van der Waals surface area contributed by atoms with E-state index in [1.54, 1.807) is 48.6 Å². The SMILES string of the molecule is C=C(C=Cc1ccc(C(F)(F)F)cc1)c1ccc2c(c1)c(NC(=O)C1CCC1)cn2S(=O)(=O)c1ccccc1. The molecule has 1 aliphatic rings. The number of anilines is 1. The van der Waals surface area contributed by atoms with Crippen LogP contribution in [0.3, 0.4) is 0 Å². The molecule has 200 valence electrons. The number of allylic oxidation sites excluding steroid dienone is 2. The van der Waals surface area contributed by atoms with Crippen LogP contribution < -0.4 is 5.32 Å². The van der Waals surface area contributed by atoms with Crippen molar-refractivity contribution in [2.45, 2.75) is 30.3 Å². The number of rotatable bonds is 7. The van der Waals surface area contributed by atoms with Gasteiger partial charge in [0.15, 0.2) is 0 Å². The van der Waals surface area contributed by atoms with Gasteiger partial charge in [0.05, 0.1) is 21.7 Å². The van der Waals surface area contributed by atoms with Gasteiger partial charge in [-0.2, -0.15) is 13.2 Å². The van der Waals surface area contributed by atoms with E-state index < -0.39 is 21.8 Å².